The van der Waals surface area contributed by atoms with Gasteiger partial charge in [-0.2, -0.15) is 26.3 Å². The van der Waals surface area contributed by atoms with Crippen LogP contribution in [0.25, 0.3) is 22.7 Å². The van der Waals surface area contributed by atoms with Gasteiger partial charge in [0.05, 0.1) is 16.8 Å². The molecular weight excluding hydrogens is 504 g/mol. The van der Waals surface area contributed by atoms with Crippen molar-refractivity contribution in [3.8, 4) is 17.3 Å². The van der Waals surface area contributed by atoms with Gasteiger partial charge in [0.25, 0.3) is 0 Å². The fourth-order valence-corrected chi connectivity index (χ4v) is 4.39. The van der Waals surface area contributed by atoms with Crippen LogP contribution in [0.5, 0.6) is 5.75 Å². The van der Waals surface area contributed by atoms with E-state index < -0.39 is 70.7 Å². The number of aromatic nitrogens is 2. The van der Waals surface area contributed by atoms with Crippen molar-refractivity contribution in [1.29, 1.82) is 4.78 Å². The van der Waals surface area contributed by atoms with Gasteiger partial charge in [-0.1, -0.05) is 6.92 Å². The number of sulfone groups is 1. The van der Waals surface area contributed by atoms with E-state index in [4.69, 9.17) is 9.20 Å². The van der Waals surface area contributed by atoms with E-state index >= 15 is 0 Å². The van der Waals surface area contributed by atoms with E-state index in [1.54, 1.807) is 0 Å². The zero-order valence-corrected chi connectivity index (χ0v) is 18.0. The molecule has 1 N–H and O–H groups in total. The number of halogens is 6. The fraction of sp³-hybridized carbons (Fsp3) is 0.294. The Morgan fingerprint density at radius 3 is 2.33 bits per heavy atom. The summed E-state index contributed by atoms with van der Waals surface area (Å²) in [6, 6.07) is 3.23. The van der Waals surface area contributed by atoms with E-state index in [1.807, 2.05) is 0 Å². The van der Waals surface area contributed by atoms with Crippen LogP contribution in [0, 0.1) is 4.78 Å². The molecule has 1 atom stereocenters. The number of nitrogens with zero attached hydrogens (tertiary/aromatic N) is 2. The summed E-state index contributed by atoms with van der Waals surface area (Å²) < 4.78 is 130. The molecule has 1 aromatic carbocycles. The Kier molecular flexibility index (Phi) is 6.12. The molecule has 0 radical (unpaired) electrons. The van der Waals surface area contributed by atoms with Crippen LogP contribution in [-0.4, -0.2) is 46.6 Å². The standard InChI is InChI=1S/C17H13F6N3O5S2/c1-2-32(27,28)13-5-9(30-8-16(18,19)20)7-25-14(13)15-26-11-6-10(3-4-12(11)31-15)33(24,29)17(21,22)23/h3-7,24H,2,8H2,1H3. The summed E-state index contributed by atoms with van der Waals surface area (Å²) in [5.41, 5.74) is -6.17. The Labute approximate surface area is 182 Å². The molecule has 16 heteroatoms. The molecule has 0 saturated heterocycles. The molecule has 33 heavy (non-hydrogen) atoms. The van der Waals surface area contributed by atoms with Crippen molar-refractivity contribution >= 4 is 30.7 Å². The Bertz CT molecular complexity index is 1410. The third-order valence-electron chi connectivity index (χ3n) is 4.16. The second-order valence-corrected chi connectivity index (χ2v) is 10.8. The number of alkyl halides is 6. The zero-order chi connectivity index (χ0) is 24.8. The molecule has 0 bridgehead atoms. The minimum Gasteiger partial charge on any atom is -0.482 e. The zero-order valence-electron chi connectivity index (χ0n) is 16.3. The number of hydrogen-bond acceptors (Lipinski definition) is 8. The molecule has 2 heterocycles. The summed E-state index contributed by atoms with van der Waals surface area (Å²) in [5.74, 6) is -1.44. The average molecular weight is 517 g/mol. The predicted molar refractivity (Wildman–Crippen MR) is 102 cm³/mol. The lowest BCUT2D eigenvalue weighted by molar-refractivity contribution is -0.153. The number of rotatable bonds is 6. The molecule has 0 spiro atoms. The van der Waals surface area contributed by atoms with Gasteiger partial charge in [-0.05, 0) is 18.2 Å². The molecule has 2 aromatic heterocycles. The van der Waals surface area contributed by atoms with Gasteiger partial charge in [-0.3, -0.25) is 0 Å². The van der Waals surface area contributed by atoms with E-state index in [1.165, 1.54) is 6.92 Å². The Morgan fingerprint density at radius 1 is 1.09 bits per heavy atom. The Balaban J connectivity index is 2.12. The average Bonchev–Trinajstić information content (AvgIpc) is 3.14. The lowest BCUT2D eigenvalue weighted by Crippen LogP contribution is -2.21. The molecule has 0 aliphatic carbocycles. The van der Waals surface area contributed by atoms with Crippen molar-refractivity contribution in [1.82, 2.24) is 9.97 Å². The first kappa shape index (κ1) is 24.8. The lowest BCUT2D eigenvalue weighted by atomic mass is 10.3. The summed E-state index contributed by atoms with van der Waals surface area (Å²) in [6.45, 7) is -0.431. The van der Waals surface area contributed by atoms with E-state index in [-0.39, 0.29) is 11.1 Å². The number of benzene rings is 1. The number of fused-ring (bicyclic) bond motifs is 1. The van der Waals surface area contributed by atoms with Crippen LogP contribution >= 0.6 is 0 Å². The molecular formula is C17H13F6N3O5S2. The molecule has 0 amide bonds. The van der Waals surface area contributed by atoms with Gasteiger partial charge in [-0.25, -0.2) is 27.4 Å². The normalized spacial score (nSPS) is 14.9. The molecule has 0 saturated carbocycles. The number of nitrogens with one attached hydrogen (secondary N) is 1. The highest BCUT2D eigenvalue weighted by Gasteiger charge is 2.43. The maximum absolute atomic E-state index is 12.9. The minimum absolute atomic E-state index is 0.134. The van der Waals surface area contributed by atoms with Crippen LogP contribution in [0.15, 0.2) is 44.7 Å². The summed E-state index contributed by atoms with van der Waals surface area (Å²) in [4.78, 5) is 6.17. The highest BCUT2D eigenvalue weighted by molar-refractivity contribution is 7.93. The molecule has 0 aliphatic rings. The Hall–Kier alpha value is -2.88. The molecule has 0 aliphatic heterocycles. The number of ether oxygens (including phenoxy) is 1. The van der Waals surface area contributed by atoms with E-state index in [2.05, 4.69) is 14.7 Å². The van der Waals surface area contributed by atoms with Crippen molar-refractivity contribution in [2.75, 3.05) is 12.4 Å². The highest BCUT2D eigenvalue weighted by Crippen LogP contribution is 2.35. The van der Waals surface area contributed by atoms with Gasteiger partial charge in [-0.15, -0.1) is 0 Å². The summed E-state index contributed by atoms with van der Waals surface area (Å²) in [5, 5.41) is 0. The van der Waals surface area contributed by atoms with Gasteiger partial charge in [0.15, 0.2) is 31.8 Å². The Morgan fingerprint density at radius 2 is 1.76 bits per heavy atom. The van der Waals surface area contributed by atoms with Crippen molar-refractivity contribution in [3.05, 3.63) is 30.5 Å². The monoisotopic (exact) mass is 517 g/mol. The molecule has 1 unspecified atom stereocenters. The fourth-order valence-electron chi connectivity index (χ4n) is 2.54. The van der Waals surface area contributed by atoms with Crippen LogP contribution in [0.2, 0.25) is 0 Å². The second-order valence-electron chi connectivity index (χ2n) is 6.48. The van der Waals surface area contributed by atoms with Crippen molar-refractivity contribution in [3.63, 3.8) is 0 Å². The first-order chi connectivity index (χ1) is 15.0. The van der Waals surface area contributed by atoms with Crippen LogP contribution < -0.4 is 4.74 Å². The van der Waals surface area contributed by atoms with Gasteiger partial charge in [0.2, 0.25) is 5.89 Å². The summed E-state index contributed by atoms with van der Waals surface area (Å²) >= 11 is 0. The topological polar surface area (TPSA) is 123 Å². The van der Waals surface area contributed by atoms with E-state index in [9.17, 15) is 39.0 Å². The number of hydrogen-bond donors (Lipinski definition) is 1. The molecule has 3 rings (SSSR count). The quantitative estimate of drug-likeness (QED) is 0.476. The maximum atomic E-state index is 12.9. The molecule has 0 fully saturated rings. The molecule has 8 nitrogen and oxygen atoms in total. The van der Waals surface area contributed by atoms with E-state index in [0.717, 1.165) is 24.4 Å². The van der Waals surface area contributed by atoms with Gasteiger partial charge < -0.3 is 9.15 Å². The van der Waals surface area contributed by atoms with E-state index in [0.29, 0.717) is 6.07 Å². The predicted octanol–water partition coefficient (Wildman–Crippen LogP) is 4.55. The third-order valence-corrected chi connectivity index (χ3v) is 7.48. The second kappa shape index (κ2) is 8.16. The SMILES string of the molecule is CCS(=O)(=O)c1cc(OCC(F)(F)F)cnc1-c1nc2cc(S(=N)(=O)C(F)(F)F)ccc2o1. The van der Waals surface area contributed by atoms with Crippen molar-refractivity contribution in [2.24, 2.45) is 0 Å². The largest absolute Gasteiger partial charge is 0.483 e. The first-order valence-electron chi connectivity index (χ1n) is 8.73. The highest BCUT2D eigenvalue weighted by atomic mass is 32.2. The summed E-state index contributed by atoms with van der Waals surface area (Å²) in [7, 11) is -9.27. The van der Waals surface area contributed by atoms with Crippen molar-refractivity contribution in [2.45, 2.75) is 28.4 Å². The first-order valence-corrected chi connectivity index (χ1v) is 11.9. The number of oxazole rings is 1. The van der Waals surface area contributed by atoms with Gasteiger partial charge in [0, 0.05) is 6.07 Å². The smallest absolute Gasteiger partial charge is 0.482 e. The van der Waals surface area contributed by atoms with Gasteiger partial charge >= 0.3 is 11.7 Å². The lowest BCUT2D eigenvalue weighted by Gasteiger charge is -2.11. The third kappa shape index (κ3) is 5.05. The van der Waals surface area contributed by atoms with Crippen LogP contribution in [0.4, 0.5) is 26.3 Å². The molecule has 180 valence electrons. The van der Waals surface area contributed by atoms with Crippen LogP contribution in [0.3, 0.4) is 0 Å². The van der Waals surface area contributed by atoms with Crippen LogP contribution in [0.1, 0.15) is 6.92 Å². The van der Waals surface area contributed by atoms with Crippen molar-refractivity contribution < 1.29 is 48.1 Å². The summed E-state index contributed by atoms with van der Waals surface area (Å²) in [6.07, 6.45) is -3.89. The molecule has 3 aromatic rings. The van der Waals surface area contributed by atoms with Gasteiger partial charge in [0.1, 0.15) is 21.9 Å². The number of pyridine rings is 1. The maximum Gasteiger partial charge on any atom is 0.483 e. The minimum atomic E-state index is -5.34. The van der Waals surface area contributed by atoms with Crippen LogP contribution in [-0.2, 0) is 19.6 Å².